The quantitative estimate of drug-likeness (QED) is 0.676. The summed E-state index contributed by atoms with van der Waals surface area (Å²) in [4.78, 5) is 10.7. The van der Waals surface area contributed by atoms with Crippen LogP contribution in [-0.4, -0.2) is 24.2 Å². The maximum atomic E-state index is 11.2. The highest BCUT2D eigenvalue weighted by atomic mass is 16.6. The molecule has 0 bridgehead atoms. The minimum atomic E-state index is -1.12. The second-order valence-electron chi connectivity index (χ2n) is 4.34. The minimum Gasteiger partial charge on any atom is -0.493 e. The molecule has 21 heavy (non-hydrogen) atoms. The third kappa shape index (κ3) is 2.95. The molecule has 0 aliphatic rings. The maximum absolute atomic E-state index is 11.2. The number of benzene rings is 2. The normalized spacial score (nSPS) is 11.8. The Morgan fingerprint density at radius 2 is 1.67 bits per heavy atom. The van der Waals surface area contributed by atoms with Crippen LogP contribution < -0.4 is 9.47 Å². The highest BCUT2D eigenvalue weighted by molar-refractivity contribution is 5.56. The molecule has 0 saturated heterocycles. The van der Waals surface area contributed by atoms with Crippen LogP contribution in [0.1, 0.15) is 17.2 Å². The summed E-state index contributed by atoms with van der Waals surface area (Å²) < 4.78 is 10.2. The van der Waals surface area contributed by atoms with Crippen LogP contribution in [0, 0.1) is 10.1 Å². The fraction of sp³-hybridized carbons (Fsp3) is 0.200. The molecule has 0 aliphatic carbocycles. The van der Waals surface area contributed by atoms with E-state index in [-0.39, 0.29) is 17.0 Å². The van der Waals surface area contributed by atoms with Crippen LogP contribution >= 0.6 is 0 Å². The van der Waals surface area contributed by atoms with Gasteiger partial charge in [-0.05, 0) is 11.6 Å². The SMILES string of the molecule is COc1cc(C(O)c2ccccc2)c([N+](=O)[O-])cc1OC. The molecule has 1 atom stereocenters. The number of hydrogen-bond acceptors (Lipinski definition) is 5. The van der Waals surface area contributed by atoms with E-state index in [9.17, 15) is 15.2 Å². The number of aliphatic hydroxyl groups excluding tert-OH is 1. The van der Waals surface area contributed by atoms with Gasteiger partial charge in [0.05, 0.1) is 30.8 Å². The van der Waals surface area contributed by atoms with Gasteiger partial charge in [-0.2, -0.15) is 0 Å². The number of methoxy groups -OCH3 is 2. The topological polar surface area (TPSA) is 81.8 Å². The molecule has 0 saturated carbocycles. The van der Waals surface area contributed by atoms with Crippen LogP contribution in [0.25, 0.3) is 0 Å². The summed E-state index contributed by atoms with van der Waals surface area (Å²) in [5.74, 6) is 0.571. The fourth-order valence-corrected chi connectivity index (χ4v) is 2.08. The van der Waals surface area contributed by atoms with Crippen LogP contribution in [0.4, 0.5) is 5.69 Å². The molecule has 1 unspecified atom stereocenters. The molecule has 110 valence electrons. The lowest BCUT2D eigenvalue weighted by atomic mass is 9.99. The van der Waals surface area contributed by atoms with Gasteiger partial charge in [0.1, 0.15) is 6.10 Å². The molecule has 1 N–H and O–H groups in total. The van der Waals surface area contributed by atoms with E-state index < -0.39 is 11.0 Å². The maximum Gasteiger partial charge on any atom is 0.279 e. The van der Waals surface area contributed by atoms with Gasteiger partial charge in [0, 0.05) is 0 Å². The third-order valence-electron chi connectivity index (χ3n) is 3.14. The second kappa shape index (κ2) is 6.23. The molecule has 0 spiro atoms. The van der Waals surface area contributed by atoms with Gasteiger partial charge in [-0.3, -0.25) is 10.1 Å². The summed E-state index contributed by atoms with van der Waals surface area (Å²) >= 11 is 0. The van der Waals surface area contributed by atoms with Crippen LogP contribution in [0.15, 0.2) is 42.5 Å². The first kappa shape index (κ1) is 14.8. The summed E-state index contributed by atoms with van der Waals surface area (Å²) in [5.41, 5.74) is 0.501. The number of nitrogens with zero attached hydrogens (tertiary/aromatic N) is 1. The number of ether oxygens (including phenoxy) is 2. The molecule has 0 amide bonds. The summed E-state index contributed by atoms with van der Waals surface area (Å²) in [6.45, 7) is 0. The lowest BCUT2D eigenvalue weighted by Gasteiger charge is -2.15. The van der Waals surface area contributed by atoms with Crippen molar-refractivity contribution < 1.29 is 19.5 Å². The third-order valence-corrected chi connectivity index (χ3v) is 3.14. The predicted octanol–water partition coefficient (Wildman–Crippen LogP) is 2.69. The van der Waals surface area contributed by atoms with Gasteiger partial charge in [0.25, 0.3) is 5.69 Å². The van der Waals surface area contributed by atoms with Crippen LogP contribution in [0.3, 0.4) is 0 Å². The van der Waals surface area contributed by atoms with E-state index >= 15 is 0 Å². The lowest BCUT2D eigenvalue weighted by Crippen LogP contribution is -2.05. The first-order valence-electron chi connectivity index (χ1n) is 6.21. The highest BCUT2D eigenvalue weighted by Gasteiger charge is 2.25. The molecular weight excluding hydrogens is 274 g/mol. The Morgan fingerprint density at radius 3 is 2.19 bits per heavy atom. The van der Waals surface area contributed by atoms with Crippen molar-refractivity contribution in [3.05, 3.63) is 63.7 Å². The number of nitro benzene ring substituents is 1. The number of aliphatic hydroxyl groups is 1. The largest absolute Gasteiger partial charge is 0.493 e. The molecule has 0 aromatic heterocycles. The van der Waals surface area contributed by atoms with Crippen LogP contribution in [0.5, 0.6) is 11.5 Å². The number of nitro groups is 1. The molecule has 2 rings (SSSR count). The molecule has 0 heterocycles. The van der Waals surface area contributed by atoms with Gasteiger partial charge in [0.2, 0.25) is 0 Å². The lowest BCUT2D eigenvalue weighted by molar-refractivity contribution is -0.386. The summed E-state index contributed by atoms with van der Waals surface area (Å²) in [5, 5.41) is 21.6. The minimum absolute atomic E-state index is 0.156. The van der Waals surface area contributed by atoms with Gasteiger partial charge >= 0.3 is 0 Å². The van der Waals surface area contributed by atoms with E-state index in [1.165, 1.54) is 26.4 Å². The molecule has 2 aromatic carbocycles. The van der Waals surface area contributed by atoms with E-state index in [4.69, 9.17) is 9.47 Å². The van der Waals surface area contributed by atoms with E-state index in [2.05, 4.69) is 0 Å². The Kier molecular flexibility index (Phi) is 4.39. The summed E-state index contributed by atoms with van der Waals surface area (Å²) in [7, 11) is 2.83. The van der Waals surface area contributed by atoms with Crippen molar-refractivity contribution >= 4 is 5.69 Å². The highest BCUT2D eigenvalue weighted by Crippen LogP contribution is 2.39. The average molecular weight is 289 g/mol. The Balaban J connectivity index is 2.58. The monoisotopic (exact) mass is 289 g/mol. The van der Waals surface area contributed by atoms with Crippen LogP contribution in [-0.2, 0) is 0 Å². The summed E-state index contributed by atoms with van der Waals surface area (Å²) in [6.07, 6.45) is -1.12. The Bertz CT molecular complexity index is 642. The van der Waals surface area contributed by atoms with Crippen LogP contribution in [0.2, 0.25) is 0 Å². The first-order chi connectivity index (χ1) is 10.1. The molecule has 2 aromatic rings. The average Bonchev–Trinajstić information content (AvgIpc) is 2.53. The van der Waals surface area contributed by atoms with Gasteiger partial charge in [0.15, 0.2) is 11.5 Å². The smallest absolute Gasteiger partial charge is 0.279 e. The number of rotatable bonds is 5. The molecule has 0 fully saturated rings. The van der Waals surface area contributed by atoms with Crippen molar-refractivity contribution in [2.45, 2.75) is 6.10 Å². The molecular formula is C15H15NO5. The number of hydrogen-bond donors (Lipinski definition) is 1. The van der Waals surface area contributed by atoms with Crippen molar-refractivity contribution in [3.63, 3.8) is 0 Å². The van der Waals surface area contributed by atoms with Crippen molar-refractivity contribution in [1.82, 2.24) is 0 Å². The van der Waals surface area contributed by atoms with Gasteiger partial charge < -0.3 is 14.6 Å². The zero-order chi connectivity index (χ0) is 15.4. The Morgan fingerprint density at radius 1 is 1.10 bits per heavy atom. The van der Waals surface area contributed by atoms with E-state index in [0.717, 1.165) is 0 Å². The molecule has 6 nitrogen and oxygen atoms in total. The second-order valence-corrected chi connectivity index (χ2v) is 4.34. The molecule has 6 heteroatoms. The summed E-state index contributed by atoms with van der Waals surface area (Å²) in [6, 6.07) is 11.4. The van der Waals surface area contributed by atoms with Crippen molar-refractivity contribution in [2.24, 2.45) is 0 Å². The predicted molar refractivity (Wildman–Crippen MR) is 76.7 cm³/mol. The van der Waals surface area contributed by atoms with Crippen molar-refractivity contribution in [1.29, 1.82) is 0 Å². The van der Waals surface area contributed by atoms with Gasteiger partial charge in [-0.15, -0.1) is 0 Å². The van der Waals surface area contributed by atoms with Gasteiger partial charge in [-0.1, -0.05) is 30.3 Å². The van der Waals surface area contributed by atoms with Crippen molar-refractivity contribution in [3.8, 4) is 11.5 Å². The standard InChI is InChI=1S/C15H15NO5/c1-20-13-8-11(12(16(18)19)9-14(13)21-2)15(17)10-6-4-3-5-7-10/h3-9,15,17H,1-2H3. The van der Waals surface area contributed by atoms with Crippen molar-refractivity contribution in [2.75, 3.05) is 14.2 Å². The first-order valence-corrected chi connectivity index (χ1v) is 6.21. The zero-order valence-corrected chi connectivity index (χ0v) is 11.6. The molecule has 0 aliphatic heterocycles. The van der Waals surface area contributed by atoms with E-state index in [1.54, 1.807) is 30.3 Å². The van der Waals surface area contributed by atoms with Gasteiger partial charge in [-0.25, -0.2) is 0 Å². The fourth-order valence-electron chi connectivity index (χ4n) is 2.08. The van der Waals surface area contributed by atoms with E-state index in [1.807, 2.05) is 0 Å². The zero-order valence-electron chi connectivity index (χ0n) is 11.6. The molecule has 0 radical (unpaired) electrons. The van der Waals surface area contributed by atoms with E-state index in [0.29, 0.717) is 11.3 Å². The Labute approximate surface area is 121 Å². The Hall–Kier alpha value is -2.60.